The maximum absolute atomic E-state index is 4.41. The Morgan fingerprint density at radius 3 is 2.85 bits per heavy atom. The summed E-state index contributed by atoms with van der Waals surface area (Å²) in [4.78, 5) is 4.41. The Hall–Kier alpha value is -1.32. The summed E-state index contributed by atoms with van der Waals surface area (Å²) in [6.07, 6.45) is 2.00. The second-order valence-corrected chi connectivity index (χ2v) is 3.54. The predicted molar refractivity (Wildman–Crippen MR) is 51.9 cm³/mol. The number of hydrogen-bond acceptors (Lipinski definition) is 3. The molecule has 0 aliphatic carbocycles. The number of rotatable bonds is 1. The highest BCUT2D eigenvalue weighted by Crippen LogP contribution is 2.09. The van der Waals surface area contributed by atoms with Crippen molar-refractivity contribution in [2.45, 2.75) is 19.9 Å². The minimum absolute atomic E-state index is 0.453. The van der Waals surface area contributed by atoms with Crippen molar-refractivity contribution in [1.82, 2.24) is 15.1 Å². The second kappa shape index (κ2) is 2.87. The quantitative estimate of drug-likeness (QED) is 0.679. The lowest BCUT2D eigenvalue weighted by Crippen LogP contribution is -2.27. The first-order valence-electron chi connectivity index (χ1n) is 4.48. The molecule has 0 aromatic carbocycles. The lowest BCUT2D eigenvalue weighted by Gasteiger charge is -2.03. The molecule has 1 unspecified atom stereocenters. The van der Waals surface area contributed by atoms with E-state index in [9.17, 15) is 0 Å². The van der Waals surface area contributed by atoms with E-state index in [-0.39, 0.29) is 0 Å². The van der Waals surface area contributed by atoms with Gasteiger partial charge in [0.05, 0.1) is 17.8 Å². The SMILES string of the molecule is Cc1nn(C)cc1C1=NCC(C)N1. The normalized spacial score (nSPS) is 21.5. The highest BCUT2D eigenvalue weighted by molar-refractivity contribution is 6.00. The standard InChI is InChI=1S/C9H14N4/c1-6-4-10-9(11-6)8-5-13(3)12-7(8)2/h5-6H,4H2,1-3H3,(H,10,11). The molecule has 0 saturated carbocycles. The fraction of sp³-hybridized carbons (Fsp3) is 0.556. The van der Waals surface area contributed by atoms with Crippen LogP contribution < -0.4 is 5.32 Å². The van der Waals surface area contributed by atoms with Crippen molar-refractivity contribution in [2.75, 3.05) is 6.54 Å². The van der Waals surface area contributed by atoms with Gasteiger partial charge in [0.15, 0.2) is 0 Å². The number of amidine groups is 1. The number of aromatic nitrogens is 2. The Morgan fingerprint density at radius 2 is 2.38 bits per heavy atom. The summed E-state index contributed by atoms with van der Waals surface area (Å²) in [6.45, 7) is 4.99. The molecule has 1 atom stereocenters. The summed E-state index contributed by atoms with van der Waals surface area (Å²) in [5, 5.41) is 7.60. The van der Waals surface area contributed by atoms with Crippen molar-refractivity contribution >= 4 is 5.84 Å². The molecule has 4 heteroatoms. The van der Waals surface area contributed by atoms with Crippen molar-refractivity contribution in [3.8, 4) is 0 Å². The van der Waals surface area contributed by atoms with Crippen LogP contribution in [0.25, 0.3) is 0 Å². The van der Waals surface area contributed by atoms with Gasteiger partial charge in [0.1, 0.15) is 5.84 Å². The summed E-state index contributed by atoms with van der Waals surface area (Å²) in [5.41, 5.74) is 2.15. The van der Waals surface area contributed by atoms with Gasteiger partial charge in [-0.25, -0.2) is 0 Å². The minimum atomic E-state index is 0.453. The van der Waals surface area contributed by atoms with Gasteiger partial charge in [0.2, 0.25) is 0 Å². The minimum Gasteiger partial charge on any atom is -0.365 e. The van der Waals surface area contributed by atoms with Crippen molar-refractivity contribution in [3.63, 3.8) is 0 Å². The molecule has 1 aromatic rings. The van der Waals surface area contributed by atoms with Crippen LogP contribution in [0.1, 0.15) is 18.2 Å². The first-order chi connectivity index (χ1) is 6.16. The number of aryl methyl sites for hydroxylation is 2. The molecule has 0 fully saturated rings. The van der Waals surface area contributed by atoms with Gasteiger partial charge in [-0.2, -0.15) is 5.10 Å². The summed E-state index contributed by atoms with van der Waals surface area (Å²) in [5.74, 6) is 0.984. The van der Waals surface area contributed by atoms with Crippen LogP contribution in [-0.2, 0) is 7.05 Å². The average molecular weight is 178 g/mol. The summed E-state index contributed by atoms with van der Waals surface area (Å²) < 4.78 is 1.82. The van der Waals surface area contributed by atoms with E-state index in [2.05, 4.69) is 22.3 Å². The maximum Gasteiger partial charge on any atom is 0.132 e. The molecule has 2 rings (SSSR count). The van der Waals surface area contributed by atoms with Gasteiger partial charge in [-0.1, -0.05) is 0 Å². The molecule has 1 aliphatic rings. The van der Waals surface area contributed by atoms with E-state index in [1.165, 1.54) is 0 Å². The summed E-state index contributed by atoms with van der Waals surface area (Å²) in [7, 11) is 1.93. The first-order valence-corrected chi connectivity index (χ1v) is 4.48. The molecule has 0 spiro atoms. The monoisotopic (exact) mass is 178 g/mol. The lowest BCUT2D eigenvalue weighted by atomic mass is 10.2. The molecule has 0 radical (unpaired) electrons. The Morgan fingerprint density at radius 1 is 1.62 bits per heavy atom. The van der Waals surface area contributed by atoms with Crippen LogP contribution >= 0.6 is 0 Å². The van der Waals surface area contributed by atoms with Crippen LogP contribution in [0.5, 0.6) is 0 Å². The second-order valence-electron chi connectivity index (χ2n) is 3.54. The molecule has 0 bridgehead atoms. The van der Waals surface area contributed by atoms with Gasteiger partial charge in [0.25, 0.3) is 0 Å². The number of hydrogen-bond donors (Lipinski definition) is 1. The van der Waals surface area contributed by atoms with E-state index in [1.807, 2.05) is 24.9 Å². The molecule has 13 heavy (non-hydrogen) atoms. The topological polar surface area (TPSA) is 42.2 Å². The van der Waals surface area contributed by atoms with E-state index in [1.54, 1.807) is 0 Å². The molecule has 1 aliphatic heterocycles. The number of nitrogens with one attached hydrogen (secondary N) is 1. The van der Waals surface area contributed by atoms with Crippen LogP contribution in [0.2, 0.25) is 0 Å². The fourth-order valence-corrected chi connectivity index (χ4v) is 1.55. The van der Waals surface area contributed by atoms with E-state index in [4.69, 9.17) is 0 Å². The zero-order valence-electron chi connectivity index (χ0n) is 8.20. The van der Waals surface area contributed by atoms with E-state index in [0.717, 1.165) is 23.6 Å². The molecular weight excluding hydrogens is 164 g/mol. The molecule has 1 N–H and O–H groups in total. The van der Waals surface area contributed by atoms with Crippen LogP contribution in [0, 0.1) is 6.92 Å². The Kier molecular flexibility index (Phi) is 1.83. The predicted octanol–water partition coefficient (Wildman–Crippen LogP) is 0.467. The zero-order valence-corrected chi connectivity index (χ0v) is 8.20. The van der Waals surface area contributed by atoms with E-state index >= 15 is 0 Å². The fourth-order valence-electron chi connectivity index (χ4n) is 1.55. The smallest absolute Gasteiger partial charge is 0.132 e. The number of aliphatic imine (C=N–C) groups is 1. The summed E-state index contributed by atoms with van der Waals surface area (Å²) in [6, 6.07) is 0.453. The van der Waals surface area contributed by atoms with Crippen molar-refractivity contribution in [1.29, 1.82) is 0 Å². The van der Waals surface area contributed by atoms with Gasteiger partial charge in [-0.05, 0) is 13.8 Å². The third-order valence-electron chi connectivity index (χ3n) is 2.17. The third-order valence-corrected chi connectivity index (χ3v) is 2.17. The Labute approximate surface area is 77.7 Å². The maximum atomic E-state index is 4.41. The van der Waals surface area contributed by atoms with Crippen LogP contribution in [0.15, 0.2) is 11.2 Å². The molecule has 70 valence electrons. The zero-order chi connectivity index (χ0) is 9.42. The van der Waals surface area contributed by atoms with Gasteiger partial charge in [0, 0.05) is 19.3 Å². The highest BCUT2D eigenvalue weighted by Gasteiger charge is 2.17. The average Bonchev–Trinajstić information content (AvgIpc) is 2.58. The van der Waals surface area contributed by atoms with Gasteiger partial charge < -0.3 is 5.32 Å². The first kappa shape index (κ1) is 8.29. The Balaban J connectivity index is 2.31. The van der Waals surface area contributed by atoms with Crippen LogP contribution in [0.3, 0.4) is 0 Å². The van der Waals surface area contributed by atoms with Crippen LogP contribution in [-0.4, -0.2) is 28.2 Å². The third kappa shape index (κ3) is 1.43. The lowest BCUT2D eigenvalue weighted by molar-refractivity contribution is 0.726. The van der Waals surface area contributed by atoms with Gasteiger partial charge in [-0.3, -0.25) is 9.67 Å². The molecule has 0 amide bonds. The van der Waals surface area contributed by atoms with Crippen molar-refractivity contribution in [3.05, 3.63) is 17.5 Å². The number of nitrogens with zero attached hydrogens (tertiary/aromatic N) is 3. The molecule has 0 saturated heterocycles. The van der Waals surface area contributed by atoms with E-state index < -0.39 is 0 Å². The van der Waals surface area contributed by atoms with Gasteiger partial charge in [-0.15, -0.1) is 0 Å². The highest BCUT2D eigenvalue weighted by atomic mass is 15.3. The molecule has 4 nitrogen and oxygen atoms in total. The summed E-state index contributed by atoms with van der Waals surface area (Å²) >= 11 is 0. The molecular formula is C9H14N4. The largest absolute Gasteiger partial charge is 0.365 e. The Bertz CT molecular complexity index is 350. The molecule has 2 heterocycles. The van der Waals surface area contributed by atoms with Crippen LogP contribution in [0.4, 0.5) is 0 Å². The van der Waals surface area contributed by atoms with Crippen molar-refractivity contribution < 1.29 is 0 Å². The molecule has 1 aromatic heterocycles. The van der Waals surface area contributed by atoms with Gasteiger partial charge >= 0.3 is 0 Å². The van der Waals surface area contributed by atoms with E-state index in [0.29, 0.717) is 6.04 Å². The van der Waals surface area contributed by atoms with Crippen molar-refractivity contribution in [2.24, 2.45) is 12.0 Å².